The highest BCUT2D eigenvalue weighted by Crippen LogP contribution is 2.44. The fraction of sp³-hybridized carbons (Fsp3) is 0.421. The molecule has 2 aromatic rings. The van der Waals surface area contributed by atoms with Gasteiger partial charge in [0.1, 0.15) is 0 Å². The van der Waals surface area contributed by atoms with Crippen LogP contribution < -0.4 is 0 Å². The number of rotatable bonds is 1. The molecule has 2 aliphatic rings. The van der Waals surface area contributed by atoms with Gasteiger partial charge in [-0.15, -0.1) is 11.3 Å². The Labute approximate surface area is 162 Å². The lowest BCUT2D eigenvalue weighted by atomic mass is 9.92. The average Bonchev–Trinajstić information content (AvgIpc) is 2.96. The molecule has 1 fully saturated rings. The zero-order chi connectivity index (χ0) is 18.6. The van der Waals surface area contributed by atoms with Crippen molar-refractivity contribution in [3.63, 3.8) is 0 Å². The molecule has 2 atom stereocenters. The first-order valence-corrected chi connectivity index (χ1v) is 11.5. The number of piperidine rings is 1. The maximum atomic E-state index is 13.0. The van der Waals surface area contributed by atoms with Crippen LogP contribution >= 0.6 is 22.9 Å². The minimum absolute atomic E-state index is 0.00992. The maximum absolute atomic E-state index is 13.0. The summed E-state index contributed by atoms with van der Waals surface area (Å²) in [6, 6.07) is 6.70. The number of benzene rings is 1. The van der Waals surface area contributed by atoms with Gasteiger partial charge in [-0.25, -0.2) is 8.42 Å². The zero-order valence-electron chi connectivity index (χ0n) is 14.7. The molecule has 4 nitrogen and oxygen atoms in total. The summed E-state index contributed by atoms with van der Waals surface area (Å²) in [5, 5.41) is 0.403. The number of carbonyl (C=O) groups excluding carboxylic acids is 1. The van der Waals surface area contributed by atoms with E-state index >= 15 is 0 Å². The van der Waals surface area contributed by atoms with Crippen LogP contribution in [0.15, 0.2) is 29.2 Å². The van der Waals surface area contributed by atoms with E-state index in [9.17, 15) is 13.2 Å². The predicted molar refractivity (Wildman–Crippen MR) is 105 cm³/mol. The number of likely N-dealkylation sites (tertiary alicyclic amines) is 1. The van der Waals surface area contributed by atoms with E-state index in [-0.39, 0.29) is 16.6 Å². The van der Waals surface area contributed by atoms with Crippen LogP contribution in [0.1, 0.15) is 35.5 Å². The van der Waals surface area contributed by atoms with Crippen molar-refractivity contribution in [2.24, 2.45) is 11.8 Å². The highest BCUT2D eigenvalue weighted by molar-refractivity contribution is 7.91. The monoisotopic (exact) mass is 409 g/mol. The minimum Gasteiger partial charge on any atom is -0.337 e. The molecule has 1 aromatic heterocycles. The molecule has 0 radical (unpaired) electrons. The first kappa shape index (κ1) is 18.0. The third-order valence-corrected chi connectivity index (χ3v) is 8.18. The Morgan fingerprint density at radius 3 is 2.58 bits per heavy atom. The average molecular weight is 410 g/mol. The van der Waals surface area contributed by atoms with Crippen molar-refractivity contribution in [3.05, 3.63) is 39.7 Å². The summed E-state index contributed by atoms with van der Waals surface area (Å²) in [6.45, 7) is 5.86. The van der Waals surface area contributed by atoms with Gasteiger partial charge >= 0.3 is 0 Å². The minimum atomic E-state index is -3.44. The normalized spacial score (nSPS) is 24.0. The zero-order valence-corrected chi connectivity index (χ0v) is 17.0. The smallest absolute Gasteiger partial charge is 0.263 e. The molecule has 2 aliphatic heterocycles. The van der Waals surface area contributed by atoms with Gasteiger partial charge in [0.2, 0.25) is 0 Å². The Hall–Kier alpha value is -1.37. The summed E-state index contributed by atoms with van der Waals surface area (Å²) in [7, 11) is -3.44. The number of halogens is 1. The van der Waals surface area contributed by atoms with Crippen LogP contribution in [0.4, 0.5) is 0 Å². The summed E-state index contributed by atoms with van der Waals surface area (Å²) in [5.74, 6) is 0.906. The standard InChI is InChI=1S/C19H20ClNO3S2/c1-11-5-12(2)9-21(8-11)19(22)16-6-13-10-26(23,24)17-7-14(20)3-4-15(17)18(13)25-16/h3-4,6-7,11-12H,5,8-10H2,1-2H3. The van der Waals surface area contributed by atoms with Crippen LogP contribution in [-0.4, -0.2) is 32.3 Å². The van der Waals surface area contributed by atoms with Crippen molar-refractivity contribution in [3.8, 4) is 10.4 Å². The molecule has 2 unspecified atom stereocenters. The van der Waals surface area contributed by atoms with E-state index in [1.807, 2.05) is 4.90 Å². The first-order valence-electron chi connectivity index (χ1n) is 8.69. The third kappa shape index (κ3) is 3.08. The van der Waals surface area contributed by atoms with Crippen LogP contribution in [0, 0.1) is 11.8 Å². The molecule has 1 amide bonds. The van der Waals surface area contributed by atoms with Gasteiger partial charge in [0.05, 0.1) is 15.5 Å². The second-order valence-corrected chi connectivity index (χ2v) is 11.0. The van der Waals surface area contributed by atoms with Gasteiger partial charge in [0, 0.05) is 28.6 Å². The van der Waals surface area contributed by atoms with Crippen LogP contribution in [0.2, 0.25) is 5.02 Å². The van der Waals surface area contributed by atoms with Gasteiger partial charge in [-0.1, -0.05) is 31.5 Å². The lowest BCUT2D eigenvalue weighted by molar-refractivity contribution is 0.0628. The molecule has 0 N–H and O–H groups in total. The first-order chi connectivity index (χ1) is 12.2. The number of hydrogen-bond donors (Lipinski definition) is 0. The fourth-order valence-corrected chi connectivity index (χ4v) is 7.26. The summed E-state index contributed by atoms with van der Waals surface area (Å²) >= 11 is 7.38. The number of sulfone groups is 1. The lowest BCUT2D eigenvalue weighted by Gasteiger charge is -2.34. The highest BCUT2D eigenvalue weighted by Gasteiger charge is 2.33. The van der Waals surface area contributed by atoms with Gasteiger partial charge in [-0.05, 0) is 42.0 Å². The Bertz CT molecular complexity index is 986. The molecule has 0 aliphatic carbocycles. The number of thiophene rings is 1. The lowest BCUT2D eigenvalue weighted by Crippen LogP contribution is -2.42. The Balaban J connectivity index is 1.74. The van der Waals surface area contributed by atoms with Crippen LogP contribution in [-0.2, 0) is 15.6 Å². The van der Waals surface area contributed by atoms with Crippen LogP contribution in [0.3, 0.4) is 0 Å². The molecule has 26 heavy (non-hydrogen) atoms. The van der Waals surface area contributed by atoms with E-state index in [1.165, 1.54) is 17.4 Å². The Morgan fingerprint density at radius 1 is 1.19 bits per heavy atom. The number of amides is 1. The quantitative estimate of drug-likeness (QED) is 0.698. The fourth-order valence-electron chi connectivity index (χ4n) is 4.08. The second-order valence-electron chi connectivity index (χ2n) is 7.52. The summed E-state index contributed by atoms with van der Waals surface area (Å²) in [5.41, 5.74) is 1.37. The Morgan fingerprint density at radius 2 is 1.88 bits per heavy atom. The summed E-state index contributed by atoms with van der Waals surface area (Å²) in [6.07, 6.45) is 1.14. The number of fused-ring (bicyclic) bond motifs is 3. The van der Waals surface area contributed by atoms with Gasteiger partial charge in [0.15, 0.2) is 9.84 Å². The molecule has 7 heteroatoms. The van der Waals surface area contributed by atoms with Crippen molar-refractivity contribution >= 4 is 38.7 Å². The van der Waals surface area contributed by atoms with Crippen molar-refractivity contribution in [1.29, 1.82) is 0 Å². The molecular weight excluding hydrogens is 390 g/mol. The number of nitrogens with zero attached hydrogens (tertiary/aromatic N) is 1. The molecule has 0 saturated carbocycles. The Kier molecular flexibility index (Phi) is 4.40. The predicted octanol–water partition coefficient (Wildman–Crippen LogP) is 4.47. The van der Waals surface area contributed by atoms with Crippen molar-refractivity contribution < 1.29 is 13.2 Å². The van der Waals surface area contributed by atoms with Gasteiger partial charge < -0.3 is 4.90 Å². The van der Waals surface area contributed by atoms with E-state index in [0.29, 0.717) is 32.9 Å². The molecule has 1 saturated heterocycles. The molecule has 0 spiro atoms. The van der Waals surface area contributed by atoms with Gasteiger partial charge in [0.25, 0.3) is 5.91 Å². The molecule has 0 bridgehead atoms. The van der Waals surface area contributed by atoms with Gasteiger partial charge in [-0.2, -0.15) is 0 Å². The van der Waals surface area contributed by atoms with E-state index in [1.54, 1.807) is 18.2 Å². The summed E-state index contributed by atoms with van der Waals surface area (Å²) in [4.78, 5) is 16.7. The molecular formula is C19H20ClNO3S2. The highest BCUT2D eigenvalue weighted by atomic mass is 35.5. The molecule has 1 aromatic carbocycles. The van der Waals surface area contributed by atoms with Crippen molar-refractivity contribution in [2.45, 2.75) is 30.9 Å². The third-order valence-electron chi connectivity index (χ3n) is 5.04. The number of carbonyl (C=O) groups is 1. The molecule has 4 rings (SSSR count). The summed E-state index contributed by atoms with van der Waals surface area (Å²) < 4.78 is 25.2. The van der Waals surface area contributed by atoms with E-state index < -0.39 is 9.84 Å². The van der Waals surface area contributed by atoms with Gasteiger partial charge in [-0.3, -0.25) is 4.79 Å². The molecule has 3 heterocycles. The van der Waals surface area contributed by atoms with Crippen molar-refractivity contribution in [2.75, 3.05) is 13.1 Å². The largest absolute Gasteiger partial charge is 0.337 e. The van der Waals surface area contributed by atoms with Crippen LogP contribution in [0.5, 0.6) is 0 Å². The van der Waals surface area contributed by atoms with Crippen LogP contribution in [0.25, 0.3) is 10.4 Å². The second kappa shape index (κ2) is 6.36. The maximum Gasteiger partial charge on any atom is 0.263 e. The van der Waals surface area contributed by atoms with E-state index in [4.69, 9.17) is 11.6 Å². The topological polar surface area (TPSA) is 54.5 Å². The van der Waals surface area contributed by atoms with Crippen molar-refractivity contribution in [1.82, 2.24) is 4.90 Å². The SMILES string of the molecule is CC1CC(C)CN(C(=O)c2cc3c(s2)-c2ccc(Cl)cc2S(=O)(=O)C3)C1. The van der Waals surface area contributed by atoms with E-state index in [0.717, 1.165) is 24.4 Å². The molecule has 138 valence electrons. The number of hydrogen-bond acceptors (Lipinski definition) is 4. The van der Waals surface area contributed by atoms with E-state index in [2.05, 4.69) is 13.8 Å².